The summed E-state index contributed by atoms with van der Waals surface area (Å²) in [4.78, 5) is 18.0. The number of carbonyl (C=O) groups excluding carboxylic acids is 1. The van der Waals surface area contributed by atoms with Gasteiger partial charge in [0, 0.05) is 12.1 Å². The molecule has 5 nitrogen and oxygen atoms in total. The molecule has 2 aromatic carbocycles. The van der Waals surface area contributed by atoms with E-state index >= 15 is 0 Å². The zero-order valence-corrected chi connectivity index (χ0v) is 18.7. The van der Waals surface area contributed by atoms with Gasteiger partial charge in [-0.25, -0.2) is 17.8 Å². The number of carbonyl (C=O) groups is 1. The van der Waals surface area contributed by atoms with Crippen LogP contribution in [0.25, 0.3) is 0 Å². The topological polar surface area (TPSA) is 76.1 Å². The van der Waals surface area contributed by atoms with Crippen molar-refractivity contribution in [3.05, 3.63) is 75.5 Å². The van der Waals surface area contributed by atoms with Gasteiger partial charge < -0.3 is 5.32 Å². The van der Waals surface area contributed by atoms with Gasteiger partial charge in [0.2, 0.25) is 0 Å². The van der Waals surface area contributed by atoms with Crippen molar-refractivity contribution in [2.75, 3.05) is 5.32 Å². The van der Waals surface area contributed by atoms with Gasteiger partial charge in [0.25, 0.3) is 5.91 Å². The molecule has 4 rings (SSSR count). The first-order chi connectivity index (χ1) is 14.8. The fourth-order valence-electron chi connectivity index (χ4n) is 3.85. The summed E-state index contributed by atoms with van der Waals surface area (Å²) < 4.78 is 38.8. The minimum absolute atomic E-state index is 0.246. The minimum atomic E-state index is -3.39. The number of hydrogen-bond acceptors (Lipinski definition) is 5. The third-order valence-electron chi connectivity index (χ3n) is 5.48. The molecule has 0 radical (unpaired) electrons. The summed E-state index contributed by atoms with van der Waals surface area (Å²) in [6.45, 7) is 1.76. The van der Waals surface area contributed by atoms with Crippen LogP contribution in [0.1, 0.15) is 51.6 Å². The van der Waals surface area contributed by atoms with Crippen molar-refractivity contribution in [3.63, 3.8) is 0 Å². The highest BCUT2D eigenvalue weighted by atomic mass is 32.2. The maximum atomic E-state index is 13.1. The van der Waals surface area contributed by atoms with Crippen molar-refractivity contribution in [2.45, 2.75) is 49.2 Å². The van der Waals surface area contributed by atoms with E-state index in [1.807, 2.05) is 0 Å². The predicted octanol–water partition coefficient (Wildman–Crippen LogP) is 5.15. The maximum Gasteiger partial charge on any atom is 0.267 e. The molecule has 1 saturated carbocycles. The average molecular weight is 459 g/mol. The molecular weight excluding hydrogens is 435 g/mol. The van der Waals surface area contributed by atoms with Crippen LogP contribution in [-0.4, -0.2) is 24.6 Å². The van der Waals surface area contributed by atoms with Gasteiger partial charge in [0.05, 0.1) is 20.8 Å². The summed E-state index contributed by atoms with van der Waals surface area (Å²) in [5.74, 6) is -0.618. The van der Waals surface area contributed by atoms with E-state index in [1.54, 1.807) is 37.3 Å². The molecule has 0 saturated heterocycles. The van der Waals surface area contributed by atoms with Crippen molar-refractivity contribution >= 4 is 32.8 Å². The average Bonchev–Trinajstić information content (AvgIpc) is 3.40. The van der Waals surface area contributed by atoms with E-state index in [1.165, 1.54) is 29.5 Å². The SMILES string of the molecule is Cc1nc(Cc2ccc(F)cc2)sc1C(=O)Nc1cccc(S(=O)(=O)C2CCCC2)c1. The molecule has 0 aliphatic heterocycles. The lowest BCUT2D eigenvalue weighted by molar-refractivity contribution is 0.102. The molecule has 8 heteroatoms. The van der Waals surface area contributed by atoms with Crippen LogP contribution < -0.4 is 5.32 Å². The molecule has 162 valence electrons. The lowest BCUT2D eigenvalue weighted by Crippen LogP contribution is -2.18. The molecule has 0 bridgehead atoms. The van der Waals surface area contributed by atoms with Gasteiger partial charge in [-0.05, 0) is 55.7 Å². The Balaban J connectivity index is 1.50. The predicted molar refractivity (Wildman–Crippen MR) is 120 cm³/mol. The molecule has 1 aliphatic rings. The Morgan fingerprint density at radius 2 is 1.87 bits per heavy atom. The molecule has 3 aromatic rings. The summed E-state index contributed by atoms with van der Waals surface area (Å²) in [7, 11) is -3.39. The van der Waals surface area contributed by atoms with Crippen molar-refractivity contribution in [1.82, 2.24) is 4.98 Å². The summed E-state index contributed by atoms with van der Waals surface area (Å²) in [6, 6.07) is 12.6. The van der Waals surface area contributed by atoms with Crippen LogP contribution in [0.15, 0.2) is 53.4 Å². The summed E-state index contributed by atoms with van der Waals surface area (Å²) >= 11 is 1.28. The number of rotatable bonds is 6. The molecule has 0 unspecified atom stereocenters. The first kappa shape index (κ1) is 21.6. The highest BCUT2D eigenvalue weighted by Gasteiger charge is 2.30. The maximum absolute atomic E-state index is 13.1. The van der Waals surface area contributed by atoms with Gasteiger partial charge in [0.1, 0.15) is 10.7 Å². The van der Waals surface area contributed by atoms with E-state index in [-0.39, 0.29) is 21.9 Å². The van der Waals surface area contributed by atoms with E-state index in [9.17, 15) is 17.6 Å². The van der Waals surface area contributed by atoms with Crippen LogP contribution >= 0.6 is 11.3 Å². The molecule has 0 spiro atoms. The van der Waals surface area contributed by atoms with E-state index < -0.39 is 9.84 Å². The minimum Gasteiger partial charge on any atom is -0.321 e. The molecule has 1 aliphatic carbocycles. The second-order valence-electron chi connectivity index (χ2n) is 7.76. The van der Waals surface area contributed by atoms with Crippen molar-refractivity contribution in [1.29, 1.82) is 0 Å². The van der Waals surface area contributed by atoms with Gasteiger partial charge in [-0.3, -0.25) is 4.79 Å². The Morgan fingerprint density at radius 1 is 1.16 bits per heavy atom. The van der Waals surface area contributed by atoms with E-state index in [0.29, 0.717) is 35.5 Å². The third kappa shape index (κ3) is 4.85. The number of thiazole rings is 1. The molecule has 31 heavy (non-hydrogen) atoms. The second-order valence-corrected chi connectivity index (χ2v) is 11.1. The van der Waals surface area contributed by atoms with Gasteiger partial charge in [-0.15, -0.1) is 11.3 Å². The van der Waals surface area contributed by atoms with Crippen LogP contribution in [0, 0.1) is 12.7 Å². The number of sulfone groups is 1. The molecule has 1 fully saturated rings. The lowest BCUT2D eigenvalue weighted by atomic mass is 10.1. The van der Waals surface area contributed by atoms with Crippen LogP contribution in [0.5, 0.6) is 0 Å². The van der Waals surface area contributed by atoms with E-state index in [0.717, 1.165) is 23.4 Å². The fraction of sp³-hybridized carbons (Fsp3) is 0.304. The smallest absolute Gasteiger partial charge is 0.267 e. The third-order valence-corrected chi connectivity index (χ3v) is 8.89. The number of aryl methyl sites for hydroxylation is 1. The Bertz CT molecular complexity index is 1200. The van der Waals surface area contributed by atoms with Gasteiger partial charge in [-0.1, -0.05) is 31.0 Å². The molecule has 1 amide bonds. The quantitative estimate of drug-likeness (QED) is 0.554. The Hall–Kier alpha value is -2.58. The number of halogens is 1. The fourth-order valence-corrected chi connectivity index (χ4v) is 6.74. The van der Waals surface area contributed by atoms with Gasteiger partial charge in [-0.2, -0.15) is 0 Å². The number of hydrogen-bond donors (Lipinski definition) is 1. The van der Waals surface area contributed by atoms with E-state index in [2.05, 4.69) is 10.3 Å². The normalized spacial score (nSPS) is 14.6. The van der Waals surface area contributed by atoms with Crippen LogP contribution in [0.3, 0.4) is 0 Å². The highest BCUT2D eigenvalue weighted by molar-refractivity contribution is 7.92. The first-order valence-corrected chi connectivity index (χ1v) is 12.6. The van der Waals surface area contributed by atoms with Crippen molar-refractivity contribution in [3.8, 4) is 0 Å². The molecule has 1 heterocycles. The zero-order valence-electron chi connectivity index (χ0n) is 17.1. The first-order valence-electron chi connectivity index (χ1n) is 10.2. The molecule has 0 atom stereocenters. The lowest BCUT2D eigenvalue weighted by Gasteiger charge is -2.12. The Morgan fingerprint density at radius 3 is 2.58 bits per heavy atom. The summed E-state index contributed by atoms with van der Waals surface area (Å²) in [5, 5.41) is 3.22. The highest BCUT2D eigenvalue weighted by Crippen LogP contribution is 2.31. The monoisotopic (exact) mass is 458 g/mol. The molecular formula is C23H23FN2O3S2. The standard InChI is InChI=1S/C23H23FN2O3S2/c1-15-22(30-21(25-15)13-16-9-11-17(24)12-10-16)23(27)26-18-5-4-8-20(14-18)31(28,29)19-6-2-3-7-19/h4-5,8-12,14,19H,2-3,6-7,13H2,1H3,(H,26,27). The summed E-state index contributed by atoms with van der Waals surface area (Å²) in [6.07, 6.45) is 3.76. The van der Waals surface area contributed by atoms with Crippen LogP contribution in [-0.2, 0) is 16.3 Å². The Labute approximate surface area is 185 Å². The second kappa shape index (κ2) is 8.88. The van der Waals surface area contributed by atoms with E-state index in [4.69, 9.17) is 0 Å². The largest absolute Gasteiger partial charge is 0.321 e. The number of aromatic nitrogens is 1. The molecule has 1 N–H and O–H groups in total. The number of nitrogens with zero attached hydrogens (tertiary/aromatic N) is 1. The molecule has 1 aromatic heterocycles. The van der Waals surface area contributed by atoms with Crippen molar-refractivity contribution < 1.29 is 17.6 Å². The number of amides is 1. The number of anilines is 1. The number of benzene rings is 2. The van der Waals surface area contributed by atoms with Crippen LogP contribution in [0.4, 0.5) is 10.1 Å². The summed E-state index contributed by atoms with van der Waals surface area (Å²) in [5.41, 5.74) is 1.96. The number of nitrogens with one attached hydrogen (secondary N) is 1. The van der Waals surface area contributed by atoms with Gasteiger partial charge in [0.15, 0.2) is 9.84 Å². The van der Waals surface area contributed by atoms with Gasteiger partial charge >= 0.3 is 0 Å². The zero-order chi connectivity index (χ0) is 22.0. The van der Waals surface area contributed by atoms with Crippen molar-refractivity contribution in [2.24, 2.45) is 0 Å². The van der Waals surface area contributed by atoms with Crippen LogP contribution in [0.2, 0.25) is 0 Å². The Kier molecular flexibility index (Phi) is 6.20.